The number of rotatable bonds is 6. The summed E-state index contributed by atoms with van der Waals surface area (Å²) in [7, 11) is -2.13. The Kier molecular flexibility index (Phi) is 7.70. The van der Waals surface area contributed by atoms with Crippen molar-refractivity contribution in [2.45, 2.75) is 89.4 Å². The van der Waals surface area contributed by atoms with Crippen LogP contribution in [-0.4, -0.2) is 80.7 Å². The van der Waals surface area contributed by atoms with E-state index in [0.29, 0.717) is 19.6 Å². The third kappa shape index (κ3) is 5.78. The molecule has 0 unspecified atom stereocenters. The topological polar surface area (TPSA) is 86.8 Å². The average Bonchev–Trinajstić information content (AvgIpc) is 3.40. The maximum absolute atomic E-state index is 13.2. The fourth-order valence-electron chi connectivity index (χ4n) is 4.42. The molecule has 3 aliphatic heterocycles. The molecule has 0 N–H and O–H groups in total. The van der Waals surface area contributed by atoms with E-state index in [1.54, 1.807) is 0 Å². The second kappa shape index (κ2) is 10.3. The lowest BCUT2D eigenvalue weighted by molar-refractivity contribution is -0.271. The fraction of sp³-hybridized carbons (Fsp3) is 0.680. The molecule has 5 atom stereocenters. The van der Waals surface area contributed by atoms with Gasteiger partial charge in [-0.05, 0) is 30.6 Å². The van der Waals surface area contributed by atoms with Crippen LogP contribution in [0, 0.1) is 0 Å². The van der Waals surface area contributed by atoms with E-state index >= 15 is 0 Å². The average molecular weight is 507 g/mol. The van der Waals surface area contributed by atoms with Gasteiger partial charge in [0, 0.05) is 13.0 Å². The van der Waals surface area contributed by atoms with Crippen LogP contribution in [-0.2, 0) is 34.8 Å². The third-order valence-electron chi connectivity index (χ3n) is 7.41. The van der Waals surface area contributed by atoms with Crippen LogP contribution in [0.5, 0.6) is 0 Å². The summed E-state index contributed by atoms with van der Waals surface area (Å²) in [5.41, 5.74) is 1.05. The maximum atomic E-state index is 13.2. The van der Waals surface area contributed by atoms with E-state index in [0.717, 1.165) is 10.5 Å². The molecule has 10 heteroatoms. The van der Waals surface area contributed by atoms with Crippen LogP contribution in [0.15, 0.2) is 30.3 Å². The Bertz CT molecular complexity index is 907. The van der Waals surface area contributed by atoms with E-state index in [4.69, 9.17) is 23.5 Å². The number of amides is 2. The highest BCUT2D eigenvalue weighted by Crippen LogP contribution is 2.40. The number of imide groups is 1. The first-order chi connectivity index (χ1) is 16.5. The standard InChI is InChI=1S/C25H38N2O7Si/c1-17-31-16-21(34-35(5,6)25(2,3)4)22(32-17)19-14-20(23(28)26-12-13-30-24(26)29)33-27(19)15-18-10-8-7-9-11-18/h7-11,17,19-22H,12-16H2,1-6H3/t17-,19-,20-,21-,22+/m1/s1. The lowest BCUT2D eigenvalue weighted by Gasteiger charge is -2.46. The number of hydrogen-bond acceptors (Lipinski definition) is 8. The molecule has 1 aromatic carbocycles. The van der Waals surface area contributed by atoms with E-state index in [2.05, 4.69) is 33.9 Å². The SMILES string of the molecule is C[C@@H]1OC[C@@H](O[Si](C)(C)C(C)(C)C)[C@H]([C@H]2C[C@H](C(=O)N3CCOC3=O)ON2Cc2ccccc2)O1. The molecule has 0 aromatic heterocycles. The lowest BCUT2D eigenvalue weighted by atomic mass is 9.98. The Morgan fingerprint density at radius 2 is 1.91 bits per heavy atom. The van der Waals surface area contributed by atoms with Crippen LogP contribution in [0.3, 0.4) is 0 Å². The van der Waals surface area contributed by atoms with Gasteiger partial charge in [0.05, 0.1) is 25.3 Å². The zero-order valence-corrected chi connectivity index (χ0v) is 22.6. The summed E-state index contributed by atoms with van der Waals surface area (Å²) >= 11 is 0. The molecule has 0 radical (unpaired) electrons. The normalized spacial score (nSPS) is 30.5. The van der Waals surface area contributed by atoms with Gasteiger partial charge in [0.2, 0.25) is 0 Å². The highest BCUT2D eigenvalue weighted by molar-refractivity contribution is 6.74. The summed E-state index contributed by atoms with van der Waals surface area (Å²) in [5.74, 6) is -0.380. The van der Waals surface area contributed by atoms with Crippen molar-refractivity contribution in [3.05, 3.63) is 35.9 Å². The van der Waals surface area contributed by atoms with Crippen LogP contribution in [0.4, 0.5) is 4.79 Å². The summed E-state index contributed by atoms with van der Waals surface area (Å²) < 4.78 is 23.9. The Labute approximate surface area is 208 Å². The minimum atomic E-state index is -2.13. The van der Waals surface area contributed by atoms with Gasteiger partial charge < -0.3 is 18.6 Å². The Morgan fingerprint density at radius 1 is 1.20 bits per heavy atom. The van der Waals surface area contributed by atoms with E-state index in [9.17, 15) is 9.59 Å². The molecule has 3 saturated heterocycles. The summed E-state index contributed by atoms with van der Waals surface area (Å²) in [4.78, 5) is 32.5. The molecule has 3 heterocycles. The van der Waals surface area contributed by atoms with Crippen LogP contribution >= 0.6 is 0 Å². The molecule has 0 spiro atoms. The number of cyclic esters (lactones) is 1. The van der Waals surface area contributed by atoms with Crippen molar-refractivity contribution < 1.29 is 33.1 Å². The molecule has 9 nitrogen and oxygen atoms in total. The number of carbonyl (C=O) groups excluding carboxylic acids is 2. The van der Waals surface area contributed by atoms with E-state index < -0.39 is 26.8 Å². The molecule has 35 heavy (non-hydrogen) atoms. The lowest BCUT2D eigenvalue weighted by Crippen LogP contribution is -2.57. The van der Waals surface area contributed by atoms with Crippen molar-refractivity contribution in [3.8, 4) is 0 Å². The molecule has 4 rings (SSSR count). The first kappa shape index (κ1) is 26.2. The minimum Gasteiger partial charge on any atom is -0.447 e. The summed E-state index contributed by atoms with van der Waals surface area (Å²) in [5, 5.41) is 1.84. The molecule has 1 aromatic rings. The predicted molar refractivity (Wildman–Crippen MR) is 131 cm³/mol. The fourth-order valence-corrected chi connectivity index (χ4v) is 5.73. The molecule has 3 aliphatic rings. The first-order valence-corrected chi connectivity index (χ1v) is 15.3. The molecular formula is C25H38N2O7Si. The number of nitrogens with zero attached hydrogens (tertiary/aromatic N) is 2. The zero-order chi connectivity index (χ0) is 25.4. The largest absolute Gasteiger partial charge is 0.447 e. The van der Waals surface area contributed by atoms with Crippen molar-refractivity contribution in [3.63, 3.8) is 0 Å². The van der Waals surface area contributed by atoms with Crippen molar-refractivity contribution in [2.75, 3.05) is 19.8 Å². The minimum absolute atomic E-state index is 0.0190. The Hall–Kier alpha value is -1.82. The first-order valence-electron chi connectivity index (χ1n) is 12.4. The monoisotopic (exact) mass is 506 g/mol. The summed E-state index contributed by atoms with van der Waals surface area (Å²) in [6, 6.07) is 9.68. The Morgan fingerprint density at radius 3 is 2.54 bits per heavy atom. The predicted octanol–water partition coefficient (Wildman–Crippen LogP) is 3.69. The van der Waals surface area contributed by atoms with Gasteiger partial charge >= 0.3 is 6.09 Å². The maximum Gasteiger partial charge on any atom is 0.416 e. The van der Waals surface area contributed by atoms with Gasteiger partial charge in [-0.2, -0.15) is 5.06 Å². The highest BCUT2D eigenvalue weighted by atomic mass is 28.4. The molecule has 0 aliphatic carbocycles. The van der Waals surface area contributed by atoms with Crippen LogP contribution in [0.1, 0.15) is 39.7 Å². The van der Waals surface area contributed by atoms with Crippen molar-refractivity contribution in [1.29, 1.82) is 0 Å². The van der Waals surface area contributed by atoms with Crippen molar-refractivity contribution in [1.82, 2.24) is 9.96 Å². The quantitative estimate of drug-likeness (QED) is 0.540. The second-order valence-electron chi connectivity index (χ2n) is 11.0. The van der Waals surface area contributed by atoms with E-state index in [-0.39, 0.29) is 42.3 Å². The van der Waals surface area contributed by atoms with E-state index in [1.807, 2.05) is 42.3 Å². The van der Waals surface area contributed by atoms with Crippen LogP contribution in [0.2, 0.25) is 18.1 Å². The number of carbonyl (C=O) groups is 2. The molecular weight excluding hydrogens is 468 g/mol. The molecule has 0 bridgehead atoms. The molecule has 194 valence electrons. The van der Waals surface area contributed by atoms with Crippen LogP contribution in [0.25, 0.3) is 0 Å². The number of hydrogen-bond donors (Lipinski definition) is 0. The number of benzene rings is 1. The van der Waals surface area contributed by atoms with Gasteiger partial charge in [0.25, 0.3) is 5.91 Å². The van der Waals surface area contributed by atoms with Gasteiger partial charge in [0.15, 0.2) is 20.7 Å². The van der Waals surface area contributed by atoms with E-state index in [1.165, 1.54) is 0 Å². The summed E-state index contributed by atoms with van der Waals surface area (Å²) in [6.07, 6.45) is -2.11. The molecule has 3 fully saturated rings. The molecule has 2 amide bonds. The van der Waals surface area contributed by atoms with Gasteiger partial charge in [-0.15, -0.1) is 0 Å². The van der Waals surface area contributed by atoms with Crippen molar-refractivity contribution in [2.24, 2.45) is 0 Å². The van der Waals surface area contributed by atoms with Crippen molar-refractivity contribution >= 4 is 20.3 Å². The highest BCUT2D eigenvalue weighted by Gasteiger charge is 2.51. The van der Waals surface area contributed by atoms with Crippen LogP contribution < -0.4 is 0 Å². The third-order valence-corrected chi connectivity index (χ3v) is 11.9. The van der Waals surface area contributed by atoms with Gasteiger partial charge in [0.1, 0.15) is 12.7 Å². The zero-order valence-electron chi connectivity index (χ0n) is 21.6. The van der Waals surface area contributed by atoms with Gasteiger partial charge in [-0.3, -0.25) is 9.63 Å². The molecule has 0 saturated carbocycles. The van der Waals surface area contributed by atoms with Gasteiger partial charge in [-0.1, -0.05) is 51.1 Å². The summed E-state index contributed by atoms with van der Waals surface area (Å²) in [6.45, 7) is 14.2. The number of ether oxygens (including phenoxy) is 3. The number of hydroxylamine groups is 2. The smallest absolute Gasteiger partial charge is 0.416 e. The second-order valence-corrected chi connectivity index (χ2v) is 15.7. The Balaban J connectivity index is 1.59. The van der Waals surface area contributed by atoms with Gasteiger partial charge in [-0.25, -0.2) is 9.69 Å².